The van der Waals surface area contributed by atoms with Crippen LogP contribution in [0.3, 0.4) is 0 Å². The van der Waals surface area contributed by atoms with Crippen molar-refractivity contribution in [2.45, 2.75) is 39.2 Å². The van der Waals surface area contributed by atoms with E-state index in [0.29, 0.717) is 28.9 Å². The smallest absolute Gasteiger partial charge is 0.269 e. The zero-order chi connectivity index (χ0) is 18.0. The molecule has 2 aromatic rings. The fraction of sp³-hybridized carbons (Fsp3) is 0.474. The summed E-state index contributed by atoms with van der Waals surface area (Å²) in [6.07, 6.45) is 2.49. The molecule has 1 amide bonds. The largest absolute Gasteiger partial charge is 0.492 e. The minimum atomic E-state index is -0.146. The lowest BCUT2D eigenvalue weighted by molar-refractivity contribution is 0.0941. The maximum Gasteiger partial charge on any atom is 0.269 e. The van der Waals surface area contributed by atoms with Gasteiger partial charge in [-0.2, -0.15) is 5.10 Å². The maximum atomic E-state index is 12.4. The molecular weight excluding hydrogens is 338 g/mol. The number of hydrogen-bond acceptors (Lipinski definition) is 3. The number of hydrogen-bond donors (Lipinski definition) is 1. The average Bonchev–Trinajstić information content (AvgIpc) is 3.31. The Morgan fingerprint density at radius 1 is 1.40 bits per heavy atom. The number of aryl methyl sites for hydroxylation is 1. The highest BCUT2D eigenvalue weighted by atomic mass is 35.5. The molecule has 0 spiro atoms. The highest BCUT2D eigenvalue weighted by Crippen LogP contribution is 2.32. The maximum absolute atomic E-state index is 12.4. The van der Waals surface area contributed by atoms with Gasteiger partial charge in [-0.15, -0.1) is 0 Å². The van der Waals surface area contributed by atoms with Crippen LogP contribution in [0.15, 0.2) is 24.3 Å². The molecule has 1 saturated carbocycles. The Labute approximate surface area is 153 Å². The van der Waals surface area contributed by atoms with Crippen LogP contribution in [-0.2, 0) is 13.6 Å². The van der Waals surface area contributed by atoms with Crippen molar-refractivity contribution in [2.24, 2.45) is 13.0 Å². The van der Waals surface area contributed by atoms with Crippen LogP contribution in [-0.4, -0.2) is 22.3 Å². The summed E-state index contributed by atoms with van der Waals surface area (Å²) < 4.78 is 7.34. The number of rotatable bonds is 7. The second-order valence-corrected chi connectivity index (χ2v) is 7.34. The molecule has 25 heavy (non-hydrogen) atoms. The summed E-state index contributed by atoms with van der Waals surface area (Å²) >= 11 is 6.28. The molecule has 1 aromatic carbocycles. The third kappa shape index (κ3) is 4.54. The van der Waals surface area contributed by atoms with Crippen molar-refractivity contribution in [2.75, 3.05) is 6.61 Å². The molecule has 1 fully saturated rings. The van der Waals surface area contributed by atoms with E-state index in [-0.39, 0.29) is 11.8 Å². The Bertz CT molecular complexity index is 766. The number of amides is 1. The third-order valence-corrected chi connectivity index (χ3v) is 4.64. The predicted molar refractivity (Wildman–Crippen MR) is 98.1 cm³/mol. The number of aromatic nitrogens is 2. The first kappa shape index (κ1) is 17.8. The van der Waals surface area contributed by atoms with Crippen LogP contribution in [0.1, 0.15) is 54.4 Å². The molecule has 0 atom stereocenters. The van der Waals surface area contributed by atoms with Gasteiger partial charge in [-0.25, -0.2) is 0 Å². The summed E-state index contributed by atoms with van der Waals surface area (Å²) in [5, 5.41) is 7.86. The van der Waals surface area contributed by atoms with Crippen molar-refractivity contribution < 1.29 is 9.53 Å². The number of carbonyl (C=O) groups is 1. The van der Waals surface area contributed by atoms with E-state index >= 15 is 0 Å². The SMILES string of the molecule is CC(C)c1cc(C(=O)NCc2ccc(OCC3CC3)c(Cl)c2)n(C)n1. The summed E-state index contributed by atoms with van der Waals surface area (Å²) in [6, 6.07) is 7.47. The molecule has 134 valence electrons. The van der Waals surface area contributed by atoms with Gasteiger partial charge in [-0.1, -0.05) is 31.5 Å². The number of nitrogens with zero attached hydrogens (tertiary/aromatic N) is 2. The second-order valence-electron chi connectivity index (χ2n) is 6.93. The molecule has 0 bridgehead atoms. The van der Waals surface area contributed by atoms with Gasteiger partial charge in [0.05, 0.1) is 17.3 Å². The first-order valence-electron chi connectivity index (χ1n) is 8.67. The molecule has 6 heteroatoms. The van der Waals surface area contributed by atoms with Gasteiger partial charge in [0.15, 0.2) is 0 Å². The van der Waals surface area contributed by atoms with Crippen molar-refractivity contribution in [3.8, 4) is 5.75 Å². The van der Waals surface area contributed by atoms with Crippen LogP contribution in [0.4, 0.5) is 0 Å². The van der Waals surface area contributed by atoms with E-state index in [2.05, 4.69) is 24.3 Å². The van der Waals surface area contributed by atoms with Gasteiger partial charge in [0.25, 0.3) is 5.91 Å². The first-order valence-corrected chi connectivity index (χ1v) is 9.05. The fourth-order valence-electron chi connectivity index (χ4n) is 2.52. The number of carbonyl (C=O) groups excluding carboxylic acids is 1. The average molecular weight is 362 g/mol. The summed E-state index contributed by atoms with van der Waals surface area (Å²) in [5.41, 5.74) is 2.40. The van der Waals surface area contributed by atoms with Crippen molar-refractivity contribution in [1.29, 1.82) is 0 Å². The summed E-state index contributed by atoms with van der Waals surface area (Å²) in [5.74, 6) is 1.53. The van der Waals surface area contributed by atoms with Gasteiger partial charge in [-0.3, -0.25) is 9.48 Å². The minimum absolute atomic E-state index is 0.146. The van der Waals surface area contributed by atoms with Crippen molar-refractivity contribution >= 4 is 17.5 Å². The number of nitrogens with one attached hydrogen (secondary N) is 1. The Morgan fingerprint density at radius 3 is 2.76 bits per heavy atom. The van der Waals surface area contributed by atoms with Gasteiger partial charge in [0.2, 0.25) is 0 Å². The van der Waals surface area contributed by atoms with Gasteiger partial charge in [0.1, 0.15) is 11.4 Å². The highest BCUT2D eigenvalue weighted by molar-refractivity contribution is 6.32. The lowest BCUT2D eigenvalue weighted by atomic mass is 10.1. The van der Waals surface area contributed by atoms with Crippen LogP contribution in [0.25, 0.3) is 0 Å². The van der Waals surface area contributed by atoms with Gasteiger partial charge in [-0.05, 0) is 48.4 Å². The normalized spacial score (nSPS) is 14.0. The molecule has 1 aromatic heterocycles. The van der Waals surface area contributed by atoms with E-state index in [4.69, 9.17) is 16.3 Å². The lowest BCUT2D eigenvalue weighted by Gasteiger charge is -2.10. The van der Waals surface area contributed by atoms with Crippen molar-refractivity contribution in [3.63, 3.8) is 0 Å². The Hall–Kier alpha value is -2.01. The molecule has 3 rings (SSSR count). The first-order chi connectivity index (χ1) is 11.9. The second kappa shape index (κ2) is 7.48. The molecular formula is C19H24ClN3O2. The van der Waals surface area contributed by atoms with Crippen LogP contribution in [0.5, 0.6) is 5.75 Å². The molecule has 1 heterocycles. The molecule has 1 aliphatic carbocycles. The number of halogens is 1. The molecule has 0 unspecified atom stereocenters. The highest BCUT2D eigenvalue weighted by Gasteiger charge is 2.22. The van der Waals surface area contributed by atoms with Gasteiger partial charge in [0, 0.05) is 13.6 Å². The van der Waals surface area contributed by atoms with E-state index in [0.717, 1.165) is 17.9 Å². The van der Waals surface area contributed by atoms with Gasteiger partial charge < -0.3 is 10.1 Å². The summed E-state index contributed by atoms with van der Waals surface area (Å²) in [6.45, 7) is 5.25. The van der Waals surface area contributed by atoms with Crippen molar-refractivity contribution in [3.05, 3.63) is 46.2 Å². The van der Waals surface area contributed by atoms with Crippen molar-refractivity contribution in [1.82, 2.24) is 15.1 Å². The summed E-state index contributed by atoms with van der Waals surface area (Å²) in [4.78, 5) is 12.4. The van der Waals surface area contributed by atoms with E-state index in [9.17, 15) is 4.79 Å². The third-order valence-electron chi connectivity index (χ3n) is 4.34. The molecule has 0 aliphatic heterocycles. The van der Waals surface area contributed by atoms with Crippen LogP contribution in [0, 0.1) is 5.92 Å². The van der Waals surface area contributed by atoms with E-state index in [1.54, 1.807) is 11.7 Å². The van der Waals surface area contributed by atoms with Gasteiger partial charge >= 0.3 is 0 Å². The number of benzene rings is 1. The molecule has 0 radical (unpaired) electrons. The van der Waals surface area contributed by atoms with E-state index in [1.807, 2.05) is 24.3 Å². The molecule has 0 saturated heterocycles. The van der Waals surface area contributed by atoms with Crippen LogP contribution < -0.4 is 10.1 Å². The Balaban J connectivity index is 1.58. The standard InChI is InChI=1S/C19H24ClN3O2/c1-12(2)16-9-17(23(3)22-16)19(24)21-10-14-6-7-18(15(20)8-14)25-11-13-4-5-13/h6-9,12-13H,4-5,10-11H2,1-3H3,(H,21,24). The monoisotopic (exact) mass is 361 g/mol. The van der Waals surface area contributed by atoms with E-state index < -0.39 is 0 Å². The van der Waals surface area contributed by atoms with Crippen LogP contribution >= 0.6 is 11.6 Å². The fourth-order valence-corrected chi connectivity index (χ4v) is 2.78. The minimum Gasteiger partial charge on any atom is -0.492 e. The topological polar surface area (TPSA) is 56.1 Å². The van der Waals surface area contributed by atoms with Crippen LogP contribution in [0.2, 0.25) is 5.02 Å². The van der Waals surface area contributed by atoms with E-state index in [1.165, 1.54) is 12.8 Å². The molecule has 5 nitrogen and oxygen atoms in total. The zero-order valence-corrected chi connectivity index (χ0v) is 15.6. The lowest BCUT2D eigenvalue weighted by Crippen LogP contribution is -2.25. The molecule has 1 aliphatic rings. The molecule has 1 N–H and O–H groups in total. The zero-order valence-electron chi connectivity index (χ0n) is 14.9. The predicted octanol–water partition coefficient (Wildman–Crippen LogP) is 3.92. The Morgan fingerprint density at radius 2 is 2.16 bits per heavy atom. The number of ether oxygens (including phenoxy) is 1. The quantitative estimate of drug-likeness (QED) is 0.813. The Kier molecular flexibility index (Phi) is 5.33. The summed E-state index contributed by atoms with van der Waals surface area (Å²) in [7, 11) is 1.78.